The Morgan fingerprint density at radius 3 is 2.85 bits per heavy atom. The van der Waals surface area contributed by atoms with Crippen molar-refractivity contribution in [2.45, 2.75) is 24.9 Å². The van der Waals surface area contributed by atoms with Crippen molar-refractivity contribution in [2.75, 3.05) is 13.7 Å². The SMILES string of the molecule is COc1ccc(F)cc1C(c1cc2ccccc2s1)N1CCCC1C(=O)O. The lowest BCUT2D eigenvalue weighted by molar-refractivity contribution is -0.142. The molecule has 2 aromatic carbocycles. The van der Waals surface area contributed by atoms with Crippen LogP contribution in [0.2, 0.25) is 0 Å². The van der Waals surface area contributed by atoms with Gasteiger partial charge in [-0.1, -0.05) is 18.2 Å². The molecule has 6 heteroatoms. The third kappa shape index (κ3) is 3.31. The Kier molecular flexibility index (Phi) is 4.85. The number of nitrogens with zero attached hydrogens (tertiary/aromatic N) is 1. The number of methoxy groups -OCH3 is 1. The minimum atomic E-state index is -0.839. The molecule has 4 rings (SSSR count). The molecule has 1 aliphatic rings. The number of likely N-dealkylation sites (tertiary alicyclic amines) is 1. The van der Waals surface area contributed by atoms with E-state index < -0.39 is 12.0 Å². The van der Waals surface area contributed by atoms with E-state index in [4.69, 9.17) is 4.74 Å². The third-order valence-electron chi connectivity index (χ3n) is 5.11. The van der Waals surface area contributed by atoms with Gasteiger partial charge in [-0.05, 0) is 48.6 Å². The first kappa shape index (κ1) is 17.9. The number of aliphatic carboxylic acids is 1. The Balaban J connectivity index is 1.90. The number of hydrogen-bond acceptors (Lipinski definition) is 4. The van der Waals surface area contributed by atoms with E-state index in [1.165, 1.54) is 12.1 Å². The molecule has 4 nitrogen and oxygen atoms in total. The molecule has 0 bridgehead atoms. The number of halogens is 1. The fourth-order valence-electron chi connectivity index (χ4n) is 3.91. The lowest BCUT2D eigenvalue weighted by Crippen LogP contribution is -2.39. The van der Waals surface area contributed by atoms with Crippen LogP contribution in [0, 0.1) is 5.82 Å². The van der Waals surface area contributed by atoms with Crippen molar-refractivity contribution >= 4 is 27.4 Å². The normalized spacial score (nSPS) is 18.7. The molecule has 27 heavy (non-hydrogen) atoms. The number of ether oxygens (including phenoxy) is 1. The average Bonchev–Trinajstić information content (AvgIpc) is 3.29. The van der Waals surface area contributed by atoms with Crippen LogP contribution in [0.4, 0.5) is 4.39 Å². The number of thiophene rings is 1. The first-order chi connectivity index (χ1) is 13.1. The van der Waals surface area contributed by atoms with Gasteiger partial charge in [-0.2, -0.15) is 0 Å². The summed E-state index contributed by atoms with van der Waals surface area (Å²) in [5.74, 6) is -0.633. The maximum atomic E-state index is 14.1. The summed E-state index contributed by atoms with van der Waals surface area (Å²) in [5, 5.41) is 10.8. The van der Waals surface area contributed by atoms with Crippen LogP contribution >= 0.6 is 11.3 Å². The van der Waals surface area contributed by atoms with Crippen LogP contribution in [0.5, 0.6) is 5.75 Å². The largest absolute Gasteiger partial charge is 0.496 e. The summed E-state index contributed by atoms with van der Waals surface area (Å²) in [5.41, 5.74) is 0.664. The van der Waals surface area contributed by atoms with Crippen LogP contribution < -0.4 is 4.74 Å². The number of carboxylic acid groups (broad SMARTS) is 1. The van der Waals surface area contributed by atoms with Crippen LogP contribution in [-0.4, -0.2) is 35.7 Å². The van der Waals surface area contributed by atoms with Crippen molar-refractivity contribution in [2.24, 2.45) is 0 Å². The Hall–Kier alpha value is -2.44. The molecule has 2 heterocycles. The third-order valence-corrected chi connectivity index (χ3v) is 6.28. The maximum Gasteiger partial charge on any atom is 0.320 e. The molecule has 0 radical (unpaired) electrons. The molecule has 2 atom stereocenters. The average molecular weight is 385 g/mol. The Morgan fingerprint density at radius 2 is 2.11 bits per heavy atom. The number of carbonyl (C=O) groups is 1. The first-order valence-electron chi connectivity index (χ1n) is 8.89. The minimum absolute atomic E-state index is 0.358. The maximum absolute atomic E-state index is 14.1. The second-order valence-corrected chi connectivity index (χ2v) is 7.82. The van der Waals surface area contributed by atoms with Gasteiger partial charge in [0.15, 0.2) is 0 Å². The number of rotatable bonds is 5. The summed E-state index contributed by atoms with van der Waals surface area (Å²) >= 11 is 1.61. The van der Waals surface area contributed by atoms with E-state index in [0.29, 0.717) is 24.3 Å². The van der Waals surface area contributed by atoms with Gasteiger partial charge in [-0.3, -0.25) is 9.69 Å². The van der Waals surface area contributed by atoms with E-state index in [0.717, 1.165) is 21.4 Å². The van der Waals surface area contributed by atoms with E-state index in [-0.39, 0.29) is 11.9 Å². The second-order valence-electron chi connectivity index (χ2n) is 6.71. The summed E-state index contributed by atoms with van der Waals surface area (Å²) in [6.45, 7) is 0.648. The minimum Gasteiger partial charge on any atom is -0.496 e. The predicted molar refractivity (Wildman–Crippen MR) is 104 cm³/mol. The van der Waals surface area contributed by atoms with Crippen molar-refractivity contribution in [3.05, 3.63) is 64.8 Å². The van der Waals surface area contributed by atoms with Gasteiger partial charge in [0, 0.05) is 21.7 Å². The summed E-state index contributed by atoms with van der Waals surface area (Å²) in [4.78, 5) is 14.8. The quantitative estimate of drug-likeness (QED) is 0.692. The molecule has 0 aliphatic carbocycles. The number of fused-ring (bicyclic) bond motifs is 1. The van der Waals surface area contributed by atoms with Crippen LogP contribution in [0.1, 0.15) is 29.3 Å². The van der Waals surface area contributed by atoms with Gasteiger partial charge in [0.25, 0.3) is 0 Å². The lowest BCUT2D eigenvalue weighted by Gasteiger charge is -2.31. The van der Waals surface area contributed by atoms with Crippen LogP contribution in [0.3, 0.4) is 0 Å². The second kappa shape index (κ2) is 7.29. The smallest absolute Gasteiger partial charge is 0.320 e. The highest BCUT2D eigenvalue weighted by Gasteiger charge is 2.38. The zero-order valence-corrected chi connectivity index (χ0v) is 15.7. The molecule has 1 aromatic heterocycles. The van der Waals surface area contributed by atoms with Crippen LogP contribution in [0.25, 0.3) is 10.1 Å². The number of carboxylic acids is 1. The van der Waals surface area contributed by atoms with E-state index in [1.54, 1.807) is 24.5 Å². The molecule has 0 saturated carbocycles. The highest BCUT2D eigenvalue weighted by atomic mass is 32.1. The van der Waals surface area contributed by atoms with Gasteiger partial charge >= 0.3 is 5.97 Å². The molecule has 3 aromatic rings. The fourth-order valence-corrected chi connectivity index (χ4v) is 5.12. The molecular weight excluding hydrogens is 365 g/mol. The fraction of sp³-hybridized carbons (Fsp3) is 0.286. The highest BCUT2D eigenvalue weighted by Crippen LogP contribution is 2.43. The summed E-state index contributed by atoms with van der Waals surface area (Å²) in [6.07, 6.45) is 1.39. The Morgan fingerprint density at radius 1 is 1.30 bits per heavy atom. The number of hydrogen-bond donors (Lipinski definition) is 1. The van der Waals surface area contributed by atoms with Crippen molar-refractivity contribution < 1.29 is 19.0 Å². The van der Waals surface area contributed by atoms with E-state index in [9.17, 15) is 14.3 Å². The zero-order chi connectivity index (χ0) is 19.0. The molecule has 1 saturated heterocycles. The van der Waals surface area contributed by atoms with Crippen molar-refractivity contribution in [1.29, 1.82) is 0 Å². The Bertz CT molecular complexity index is 953. The Labute approximate surface area is 160 Å². The topological polar surface area (TPSA) is 49.8 Å². The van der Waals surface area contributed by atoms with Crippen molar-refractivity contribution in [3.63, 3.8) is 0 Å². The van der Waals surface area contributed by atoms with E-state index >= 15 is 0 Å². The first-order valence-corrected chi connectivity index (χ1v) is 9.70. The van der Waals surface area contributed by atoms with Gasteiger partial charge in [-0.15, -0.1) is 11.3 Å². The van der Waals surface area contributed by atoms with Gasteiger partial charge in [0.05, 0.1) is 13.2 Å². The molecule has 1 aliphatic heterocycles. The molecule has 1 fully saturated rings. The zero-order valence-electron chi connectivity index (χ0n) is 14.9. The van der Waals surface area contributed by atoms with E-state index in [2.05, 4.69) is 6.07 Å². The molecule has 0 amide bonds. The van der Waals surface area contributed by atoms with Gasteiger partial charge in [-0.25, -0.2) is 4.39 Å². The van der Waals surface area contributed by atoms with Gasteiger partial charge < -0.3 is 9.84 Å². The monoisotopic (exact) mass is 385 g/mol. The lowest BCUT2D eigenvalue weighted by atomic mass is 10.0. The standard InChI is InChI=1S/C21H20FNO3S/c1-26-17-9-8-14(22)12-15(17)20(23-10-4-6-16(23)21(24)25)19-11-13-5-2-3-7-18(13)27-19/h2-3,5,7-9,11-12,16,20H,4,6,10H2,1H3,(H,24,25). The van der Waals surface area contributed by atoms with Gasteiger partial charge in [0.2, 0.25) is 0 Å². The van der Waals surface area contributed by atoms with Crippen LogP contribution in [-0.2, 0) is 4.79 Å². The summed E-state index contributed by atoms with van der Waals surface area (Å²) in [6, 6.07) is 13.6. The molecule has 0 spiro atoms. The summed E-state index contributed by atoms with van der Waals surface area (Å²) in [7, 11) is 1.55. The molecule has 140 valence electrons. The summed E-state index contributed by atoms with van der Waals surface area (Å²) < 4.78 is 20.7. The van der Waals surface area contributed by atoms with Crippen LogP contribution in [0.15, 0.2) is 48.5 Å². The molecular formula is C21H20FNO3S. The predicted octanol–water partition coefficient (Wildman–Crippen LogP) is 4.69. The van der Waals surface area contributed by atoms with E-state index in [1.807, 2.05) is 29.2 Å². The number of benzene rings is 2. The van der Waals surface area contributed by atoms with Crippen molar-refractivity contribution in [3.8, 4) is 5.75 Å². The van der Waals surface area contributed by atoms with Crippen molar-refractivity contribution in [1.82, 2.24) is 4.90 Å². The van der Waals surface area contributed by atoms with Gasteiger partial charge in [0.1, 0.15) is 17.6 Å². The molecule has 1 N–H and O–H groups in total. The highest BCUT2D eigenvalue weighted by molar-refractivity contribution is 7.19. The molecule has 2 unspecified atom stereocenters.